The monoisotopic (exact) mass is 663 g/mol. The number of nitrogens with one attached hydrogen (secondary N) is 2. The number of rotatable bonds is 10. The lowest BCUT2D eigenvalue weighted by molar-refractivity contribution is -0.173. The number of aliphatic hydroxyl groups excluding tert-OH is 5. The van der Waals surface area contributed by atoms with Crippen molar-refractivity contribution in [2.24, 2.45) is 5.92 Å². The first-order chi connectivity index (χ1) is 19.7. The third kappa shape index (κ3) is 6.68. The van der Waals surface area contributed by atoms with E-state index < -0.39 is 95.0 Å². The predicted molar refractivity (Wildman–Crippen MR) is 142 cm³/mol. The number of fused-ring (bicyclic) bond motifs is 2. The number of hydrogen-bond donors (Lipinski definition) is 10. The summed E-state index contributed by atoms with van der Waals surface area (Å²) < 4.78 is 65.0. The molecule has 4 heterocycles. The van der Waals surface area contributed by atoms with Crippen LogP contribution in [0.5, 0.6) is 0 Å². The molecule has 0 amide bonds. The second-order valence-electron chi connectivity index (χ2n) is 9.62. The van der Waals surface area contributed by atoms with Crippen molar-refractivity contribution in [2.45, 2.75) is 54.6 Å². The summed E-state index contributed by atoms with van der Waals surface area (Å²) in [5.74, 6) is -1.44. The highest BCUT2D eigenvalue weighted by atomic mass is 32.7. The van der Waals surface area contributed by atoms with E-state index in [-0.39, 0.29) is 11.5 Å². The van der Waals surface area contributed by atoms with Crippen molar-refractivity contribution < 1.29 is 66.8 Å². The zero-order valence-electron chi connectivity index (χ0n) is 21.8. The van der Waals surface area contributed by atoms with Gasteiger partial charge in [-0.05, 0) is 13.1 Å². The molecule has 4 rings (SSSR count). The first kappa shape index (κ1) is 33.6. The van der Waals surface area contributed by atoms with E-state index in [1.165, 1.54) is 25.7 Å². The maximum atomic E-state index is 14.0. The number of aromatic nitrogens is 2. The first-order valence-corrected chi connectivity index (χ1v) is 16.5. The number of anilines is 2. The Balaban J connectivity index is 1.43. The SMILES string of the molecule is CN[C@H]1[C@@H](O)[C@]2(C=CNc3c(N)ncnc32)O[C@@H]1COP(=O)(S)OP(=O)(O)OC1OCC([C@@H](F)CO)C(O)C(O)C1O. The third-order valence-corrected chi connectivity index (χ3v) is 10.6. The van der Waals surface area contributed by atoms with Crippen LogP contribution in [0.1, 0.15) is 5.69 Å². The molecule has 3 aliphatic heterocycles. The van der Waals surface area contributed by atoms with E-state index in [1.54, 1.807) is 0 Å². The second kappa shape index (κ2) is 13.0. The standard InChI is InChI=1S/C20H32FN5O13P2S/c1-23-11-10(37-20(17(11)31)2-3-24-12-16(20)25-7-26-18(12)22)6-36-41(34,42)39-40(32,33)38-19-15(30)14(29)13(28)8(5-35-19)9(21)4-27/h2-3,7-11,13-15,17,19,23-24,27-31H,4-6H2,1H3,(H,32,33)(H,34,42)(H2,22,25,26)/t8?,9-,10+,11+,13?,14?,15?,17+,19?,20+,41?/m0/s1. The molecule has 10 N–H and O–H groups in total. The van der Waals surface area contributed by atoms with Gasteiger partial charge in [0.25, 0.3) is 0 Å². The van der Waals surface area contributed by atoms with Crippen LogP contribution < -0.4 is 16.4 Å². The fourth-order valence-electron chi connectivity index (χ4n) is 4.88. The number of ether oxygens (including phenoxy) is 2. The average molecular weight is 664 g/mol. The molecule has 0 bridgehead atoms. The van der Waals surface area contributed by atoms with Gasteiger partial charge in [0, 0.05) is 12.1 Å². The van der Waals surface area contributed by atoms with Gasteiger partial charge in [0.15, 0.2) is 17.7 Å². The smallest absolute Gasteiger partial charge is 0.393 e. The van der Waals surface area contributed by atoms with Gasteiger partial charge < -0.3 is 56.3 Å². The summed E-state index contributed by atoms with van der Waals surface area (Å²) in [5.41, 5.74) is 4.87. The maximum Gasteiger partial charge on any atom is 0.482 e. The predicted octanol–water partition coefficient (Wildman–Crippen LogP) is -1.89. The number of hydrogen-bond acceptors (Lipinski definition) is 17. The minimum Gasteiger partial charge on any atom is -0.393 e. The highest BCUT2D eigenvalue weighted by Gasteiger charge is 2.57. The molecule has 238 valence electrons. The normalized spacial score (nSPS) is 38.2. The molecule has 42 heavy (non-hydrogen) atoms. The Kier molecular flexibility index (Phi) is 10.4. The Hall–Kier alpha value is -1.32. The van der Waals surface area contributed by atoms with Gasteiger partial charge in [-0.25, -0.2) is 23.5 Å². The summed E-state index contributed by atoms with van der Waals surface area (Å²) >= 11 is 3.69. The molecule has 0 aliphatic carbocycles. The fourth-order valence-corrected chi connectivity index (χ4v) is 8.08. The van der Waals surface area contributed by atoms with Gasteiger partial charge in [0.1, 0.15) is 48.3 Å². The van der Waals surface area contributed by atoms with E-state index >= 15 is 0 Å². The van der Waals surface area contributed by atoms with E-state index in [1.807, 2.05) is 0 Å². The number of phosphoric acid groups is 1. The molecular weight excluding hydrogens is 631 g/mol. The van der Waals surface area contributed by atoms with E-state index in [4.69, 9.17) is 29.4 Å². The van der Waals surface area contributed by atoms with Crippen molar-refractivity contribution in [3.05, 3.63) is 24.3 Å². The van der Waals surface area contributed by atoms with Crippen LogP contribution in [-0.4, -0.2) is 116 Å². The van der Waals surface area contributed by atoms with Gasteiger partial charge in [-0.15, -0.1) is 0 Å². The highest BCUT2D eigenvalue weighted by molar-refractivity contribution is 8.45. The van der Waals surface area contributed by atoms with E-state index in [2.05, 4.69) is 37.2 Å². The van der Waals surface area contributed by atoms with Crippen LogP contribution in [0.2, 0.25) is 0 Å². The van der Waals surface area contributed by atoms with E-state index in [0.717, 1.165) is 0 Å². The molecule has 18 nitrogen and oxygen atoms in total. The molecule has 3 aliphatic rings. The maximum absolute atomic E-state index is 14.0. The van der Waals surface area contributed by atoms with Crippen molar-refractivity contribution in [1.82, 2.24) is 15.3 Å². The Labute approximate surface area is 243 Å². The van der Waals surface area contributed by atoms with Gasteiger partial charge in [-0.1, -0.05) is 12.2 Å². The number of nitrogens with zero attached hydrogens (tertiary/aromatic N) is 2. The van der Waals surface area contributed by atoms with Crippen LogP contribution in [-0.2, 0) is 37.6 Å². The molecule has 22 heteroatoms. The molecule has 2 saturated heterocycles. The van der Waals surface area contributed by atoms with Gasteiger partial charge in [0.05, 0.1) is 32.0 Å². The Morgan fingerprint density at radius 1 is 1.29 bits per heavy atom. The Morgan fingerprint density at radius 3 is 2.67 bits per heavy atom. The third-order valence-electron chi connectivity index (χ3n) is 7.02. The molecule has 1 aromatic heterocycles. The number of aliphatic hydroxyl groups is 5. The molecule has 2 fully saturated rings. The lowest BCUT2D eigenvalue weighted by atomic mass is 9.87. The Morgan fingerprint density at radius 2 is 2.00 bits per heavy atom. The number of alkyl halides is 1. The molecule has 0 aromatic carbocycles. The number of nitrogen functional groups attached to an aromatic ring is 1. The number of thiol groups is 1. The topological polar surface area (TPSA) is 278 Å². The van der Waals surface area contributed by atoms with Crippen LogP contribution in [0, 0.1) is 5.92 Å². The Bertz CT molecular complexity index is 1260. The molecule has 7 unspecified atom stereocenters. The molecule has 12 atom stereocenters. The summed E-state index contributed by atoms with van der Waals surface area (Å²) in [4.78, 5) is 18.3. The van der Waals surface area contributed by atoms with Gasteiger partial charge in [-0.2, -0.15) is 4.31 Å². The minimum absolute atomic E-state index is 0.0883. The lowest BCUT2D eigenvalue weighted by Gasteiger charge is -2.33. The van der Waals surface area contributed by atoms with Gasteiger partial charge in [0.2, 0.25) is 0 Å². The summed E-state index contributed by atoms with van der Waals surface area (Å²) in [6.07, 6.45) is -8.73. The molecule has 1 spiro atoms. The van der Waals surface area contributed by atoms with Crippen molar-refractivity contribution in [3.8, 4) is 0 Å². The number of phosphoric ester groups is 1. The van der Waals surface area contributed by atoms with Gasteiger partial charge in [-0.3, -0.25) is 9.05 Å². The number of likely N-dealkylation sites (N-methyl/N-ethyl adjacent to an activating group) is 1. The summed E-state index contributed by atoms with van der Waals surface area (Å²) in [6.45, 7) is -7.17. The fraction of sp³-hybridized carbons (Fsp3) is 0.700. The first-order valence-electron chi connectivity index (χ1n) is 12.3. The summed E-state index contributed by atoms with van der Waals surface area (Å²) in [5, 5.41) is 56.4. The zero-order valence-corrected chi connectivity index (χ0v) is 24.5. The highest BCUT2D eigenvalue weighted by Crippen LogP contribution is 2.66. The van der Waals surface area contributed by atoms with Crippen molar-refractivity contribution in [3.63, 3.8) is 0 Å². The van der Waals surface area contributed by atoms with E-state index in [9.17, 15) is 38.8 Å². The molecule has 0 radical (unpaired) electrons. The number of nitrogens with two attached hydrogens (primary N) is 1. The van der Waals surface area contributed by atoms with Crippen molar-refractivity contribution >= 4 is 38.4 Å². The van der Waals surface area contributed by atoms with Crippen molar-refractivity contribution in [2.75, 3.05) is 37.9 Å². The molecule has 1 aromatic rings. The van der Waals surface area contributed by atoms with Crippen molar-refractivity contribution in [1.29, 1.82) is 0 Å². The summed E-state index contributed by atoms with van der Waals surface area (Å²) in [7, 11) is -3.95. The average Bonchev–Trinajstić information content (AvgIpc) is 3.15. The molecule has 0 saturated carbocycles. The minimum atomic E-state index is -5.45. The second-order valence-corrected chi connectivity index (χ2v) is 14.1. The summed E-state index contributed by atoms with van der Waals surface area (Å²) in [6, 6.07) is -0.865. The number of halogens is 1. The van der Waals surface area contributed by atoms with Gasteiger partial charge >= 0.3 is 14.6 Å². The van der Waals surface area contributed by atoms with Crippen LogP contribution in [0.15, 0.2) is 18.6 Å². The van der Waals surface area contributed by atoms with Crippen LogP contribution >= 0.6 is 26.9 Å². The largest absolute Gasteiger partial charge is 0.482 e. The lowest BCUT2D eigenvalue weighted by Crippen LogP contribution is -2.47. The zero-order chi connectivity index (χ0) is 31.0. The van der Waals surface area contributed by atoms with E-state index in [0.29, 0.717) is 5.69 Å². The van der Waals surface area contributed by atoms with Crippen LogP contribution in [0.4, 0.5) is 15.9 Å². The van der Waals surface area contributed by atoms with Crippen LogP contribution in [0.3, 0.4) is 0 Å². The quantitative estimate of drug-likeness (QED) is 0.0968. The molecular formula is C20H32FN5O13P2S. The van der Waals surface area contributed by atoms with Crippen LogP contribution in [0.25, 0.3) is 0 Å².